The number of amides is 2. The largest absolute Gasteiger partial charge is 0.367 e. The fraction of sp³-hybridized carbons (Fsp3) is 0.364. The minimum atomic E-state index is -0.0576. The second-order valence-electron chi connectivity index (χ2n) is 11.5. The van der Waals surface area contributed by atoms with Crippen molar-refractivity contribution in [2.75, 3.05) is 38.0 Å². The lowest BCUT2D eigenvalue weighted by atomic mass is 9.91. The molecular formula is C33H37N7O3. The minimum Gasteiger partial charge on any atom is -0.367 e. The number of aryl methyl sites for hydroxylation is 1. The Hall–Kier alpha value is -4.57. The molecule has 0 unspecified atom stereocenters. The number of carbonyl (C=O) groups excluding carboxylic acids is 3. The molecular weight excluding hydrogens is 542 g/mol. The van der Waals surface area contributed by atoms with Crippen molar-refractivity contribution in [1.29, 1.82) is 0 Å². The highest BCUT2D eigenvalue weighted by Crippen LogP contribution is 2.29. The lowest BCUT2D eigenvalue weighted by Crippen LogP contribution is -2.52. The number of anilines is 1. The van der Waals surface area contributed by atoms with Gasteiger partial charge in [0.25, 0.3) is 5.91 Å². The second-order valence-corrected chi connectivity index (χ2v) is 11.5. The van der Waals surface area contributed by atoms with E-state index in [-0.39, 0.29) is 29.7 Å². The van der Waals surface area contributed by atoms with Crippen LogP contribution >= 0.6 is 0 Å². The Morgan fingerprint density at radius 2 is 1.56 bits per heavy atom. The number of hydrogen-bond donors (Lipinski definition) is 3. The van der Waals surface area contributed by atoms with Crippen LogP contribution in [0.2, 0.25) is 0 Å². The molecule has 0 bridgehead atoms. The molecule has 222 valence electrons. The highest BCUT2D eigenvalue weighted by Gasteiger charge is 2.27. The summed E-state index contributed by atoms with van der Waals surface area (Å²) in [6.07, 6.45) is 6.70. The van der Waals surface area contributed by atoms with Crippen molar-refractivity contribution >= 4 is 34.4 Å². The predicted octanol–water partition coefficient (Wildman–Crippen LogP) is 3.79. The average molecular weight is 580 g/mol. The molecule has 6 rings (SSSR count). The van der Waals surface area contributed by atoms with Crippen molar-refractivity contribution in [2.45, 2.75) is 44.7 Å². The Balaban J connectivity index is 0.991. The topological polar surface area (TPSA) is 123 Å². The van der Waals surface area contributed by atoms with Crippen molar-refractivity contribution in [3.05, 3.63) is 89.4 Å². The van der Waals surface area contributed by atoms with Crippen molar-refractivity contribution < 1.29 is 14.4 Å². The first kappa shape index (κ1) is 28.5. The molecule has 2 aliphatic rings. The molecule has 4 aromatic rings. The van der Waals surface area contributed by atoms with E-state index >= 15 is 0 Å². The molecule has 0 spiro atoms. The zero-order valence-electron chi connectivity index (χ0n) is 24.4. The van der Waals surface area contributed by atoms with Gasteiger partial charge in [0, 0.05) is 55.6 Å². The SMILES string of the molecule is Cc1ccccc1C(=O)c1c[nH]c2ncnc(N[C@H]3CC[C@@H](NC(=O)CN4CCN(C(=O)c5ccccc5)CC4)CC3)c12. The number of hydrogen-bond acceptors (Lipinski definition) is 7. The maximum absolute atomic E-state index is 13.4. The van der Waals surface area contributed by atoms with Crippen LogP contribution in [0, 0.1) is 6.92 Å². The number of benzene rings is 2. The molecule has 10 heteroatoms. The summed E-state index contributed by atoms with van der Waals surface area (Å²) in [5, 5.41) is 7.48. The Kier molecular flexibility index (Phi) is 8.46. The minimum absolute atomic E-state index is 0.0310. The van der Waals surface area contributed by atoms with E-state index < -0.39 is 0 Å². The van der Waals surface area contributed by atoms with E-state index in [1.165, 1.54) is 6.33 Å². The highest BCUT2D eigenvalue weighted by atomic mass is 16.2. The first-order valence-corrected chi connectivity index (χ1v) is 15.0. The fourth-order valence-electron chi connectivity index (χ4n) is 6.15. The Morgan fingerprint density at radius 3 is 2.30 bits per heavy atom. The van der Waals surface area contributed by atoms with Gasteiger partial charge in [-0.15, -0.1) is 0 Å². The predicted molar refractivity (Wildman–Crippen MR) is 165 cm³/mol. The lowest BCUT2D eigenvalue weighted by Gasteiger charge is -2.35. The van der Waals surface area contributed by atoms with Crippen LogP contribution in [0.3, 0.4) is 0 Å². The molecule has 0 radical (unpaired) electrons. The van der Waals surface area contributed by atoms with Gasteiger partial charge in [-0.05, 0) is 50.3 Å². The Morgan fingerprint density at radius 1 is 0.860 bits per heavy atom. The number of fused-ring (bicyclic) bond motifs is 1. The van der Waals surface area contributed by atoms with Gasteiger partial charge >= 0.3 is 0 Å². The summed E-state index contributed by atoms with van der Waals surface area (Å²) in [6, 6.07) is 17.2. The summed E-state index contributed by atoms with van der Waals surface area (Å²) in [7, 11) is 0. The van der Waals surface area contributed by atoms with Gasteiger partial charge in [0.05, 0.1) is 17.5 Å². The molecule has 2 aromatic carbocycles. The third-order valence-corrected chi connectivity index (χ3v) is 8.58. The van der Waals surface area contributed by atoms with E-state index in [1.54, 1.807) is 6.20 Å². The smallest absolute Gasteiger partial charge is 0.253 e. The zero-order chi connectivity index (χ0) is 29.8. The average Bonchev–Trinajstić information content (AvgIpc) is 3.48. The number of rotatable bonds is 8. The van der Waals surface area contributed by atoms with Crippen LogP contribution in [0.4, 0.5) is 5.82 Å². The molecule has 1 aliphatic heterocycles. The van der Waals surface area contributed by atoms with Gasteiger partial charge in [-0.1, -0.05) is 42.5 Å². The van der Waals surface area contributed by atoms with Gasteiger partial charge in [-0.3, -0.25) is 19.3 Å². The van der Waals surface area contributed by atoms with Crippen LogP contribution in [0.1, 0.15) is 57.5 Å². The monoisotopic (exact) mass is 579 g/mol. The lowest BCUT2D eigenvalue weighted by molar-refractivity contribution is -0.123. The molecule has 2 aromatic heterocycles. The van der Waals surface area contributed by atoms with Crippen LogP contribution < -0.4 is 10.6 Å². The van der Waals surface area contributed by atoms with E-state index in [0.29, 0.717) is 66.3 Å². The molecule has 1 aliphatic carbocycles. The van der Waals surface area contributed by atoms with Gasteiger partial charge in [-0.2, -0.15) is 0 Å². The number of H-pyrrole nitrogens is 1. The van der Waals surface area contributed by atoms with Crippen LogP contribution in [-0.2, 0) is 4.79 Å². The van der Waals surface area contributed by atoms with E-state index in [4.69, 9.17) is 0 Å². The summed E-state index contributed by atoms with van der Waals surface area (Å²) in [5.74, 6) is 0.671. The molecule has 3 N–H and O–H groups in total. The first-order chi connectivity index (χ1) is 21.0. The zero-order valence-corrected chi connectivity index (χ0v) is 24.4. The number of aromatic nitrogens is 3. The number of nitrogens with one attached hydrogen (secondary N) is 3. The normalized spacial score (nSPS) is 19.2. The summed E-state index contributed by atoms with van der Waals surface area (Å²) in [5.41, 5.74) is 3.47. The Labute approximate surface area is 250 Å². The maximum Gasteiger partial charge on any atom is 0.253 e. The standard InChI is InChI=1S/C33H37N7O3/c1-22-7-5-6-10-26(22)30(42)27-19-34-31-29(27)32(36-21-35-31)38-25-13-11-24(12-14-25)37-28(41)20-39-15-17-40(18-16-39)33(43)23-8-3-2-4-9-23/h2-10,19,21,24-25H,11-18,20H2,1H3,(H,37,41)(H2,34,35,36,38)/t24-,25+. The van der Waals surface area contributed by atoms with Gasteiger partial charge < -0.3 is 20.5 Å². The van der Waals surface area contributed by atoms with Crippen LogP contribution in [-0.4, -0.2) is 87.2 Å². The van der Waals surface area contributed by atoms with Crippen molar-refractivity contribution in [3.63, 3.8) is 0 Å². The molecule has 0 atom stereocenters. The number of piperazine rings is 1. The van der Waals surface area contributed by atoms with E-state index in [0.717, 1.165) is 31.2 Å². The third-order valence-electron chi connectivity index (χ3n) is 8.58. The molecule has 2 fully saturated rings. The number of aromatic amines is 1. The van der Waals surface area contributed by atoms with Gasteiger partial charge in [0.1, 0.15) is 17.8 Å². The molecule has 2 amide bonds. The summed E-state index contributed by atoms with van der Waals surface area (Å²) in [4.78, 5) is 54.9. The van der Waals surface area contributed by atoms with Gasteiger partial charge in [-0.25, -0.2) is 9.97 Å². The number of nitrogens with zero attached hydrogens (tertiary/aromatic N) is 4. The molecule has 1 saturated carbocycles. The number of ketones is 1. The van der Waals surface area contributed by atoms with Crippen LogP contribution in [0.15, 0.2) is 67.1 Å². The molecule has 43 heavy (non-hydrogen) atoms. The van der Waals surface area contributed by atoms with E-state index in [2.05, 4.69) is 30.5 Å². The van der Waals surface area contributed by atoms with Gasteiger partial charge in [0.15, 0.2) is 5.78 Å². The molecule has 1 saturated heterocycles. The number of carbonyl (C=O) groups is 3. The van der Waals surface area contributed by atoms with E-state index in [1.807, 2.05) is 66.4 Å². The quantitative estimate of drug-likeness (QED) is 0.272. The van der Waals surface area contributed by atoms with Crippen LogP contribution in [0.5, 0.6) is 0 Å². The fourth-order valence-corrected chi connectivity index (χ4v) is 6.15. The van der Waals surface area contributed by atoms with Crippen molar-refractivity contribution in [1.82, 2.24) is 30.1 Å². The summed E-state index contributed by atoms with van der Waals surface area (Å²) < 4.78 is 0. The summed E-state index contributed by atoms with van der Waals surface area (Å²) >= 11 is 0. The first-order valence-electron chi connectivity index (χ1n) is 15.0. The van der Waals surface area contributed by atoms with Crippen molar-refractivity contribution in [3.8, 4) is 0 Å². The second kappa shape index (κ2) is 12.7. The van der Waals surface area contributed by atoms with Crippen LogP contribution in [0.25, 0.3) is 11.0 Å². The van der Waals surface area contributed by atoms with Gasteiger partial charge in [0.2, 0.25) is 5.91 Å². The molecule has 10 nitrogen and oxygen atoms in total. The van der Waals surface area contributed by atoms with E-state index in [9.17, 15) is 14.4 Å². The Bertz CT molecular complexity index is 1600. The van der Waals surface area contributed by atoms with Crippen molar-refractivity contribution in [2.24, 2.45) is 0 Å². The molecule has 3 heterocycles. The highest BCUT2D eigenvalue weighted by molar-refractivity contribution is 6.18. The third kappa shape index (κ3) is 6.44. The maximum atomic E-state index is 13.4. The summed E-state index contributed by atoms with van der Waals surface area (Å²) in [6.45, 7) is 4.88.